The molecular formula is C22H30Cl2N2O3. The molecule has 160 valence electrons. The number of benzene rings is 2. The van der Waals surface area contributed by atoms with Crippen LogP contribution in [0.5, 0.6) is 5.75 Å². The van der Waals surface area contributed by atoms with E-state index >= 15 is 0 Å². The van der Waals surface area contributed by atoms with E-state index in [4.69, 9.17) is 21.1 Å². The minimum atomic E-state index is -0.142. The van der Waals surface area contributed by atoms with Gasteiger partial charge in [-0.15, -0.1) is 12.4 Å². The first-order valence-corrected chi connectivity index (χ1v) is 9.83. The van der Waals surface area contributed by atoms with Crippen molar-refractivity contribution in [1.29, 1.82) is 0 Å². The number of likely N-dealkylation sites (N-methyl/N-ethyl adjacent to an activating group) is 1. The number of carbonyl (C=O) groups excluding carboxylic acids is 1. The molecule has 0 bridgehead atoms. The van der Waals surface area contributed by atoms with Crippen molar-refractivity contribution in [2.24, 2.45) is 0 Å². The lowest BCUT2D eigenvalue weighted by atomic mass is 10.1. The predicted molar refractivity (Wildman–Crippen MR) is 120 cm³/mol. The van der Waals surface area contributed by atoms with Gasteiger partial charge in [0.2, 0.25) is 0 Å². The molecule has 2 N–H and O–H groups in total. The Kier molecular flexibility index (Phi) is 11.7. The second kappa shape index (κ2) is 13.4. The highest BCUT2D eigenvalue weighted by molar-refractivity contribution is 6.30. The highest BCUT2D eigenvalue weighted by atomic mass is 35.5. The van der Waals surface area contributed by atoms with Crippen LogP contribution in [0.2, 0.25) is 5.02 Å². The SMILES string of the molecule is CNC(=O)COc1ccc(CCC(C)NCC(OC)c2cccc(Cl)c2)cc1.Cl. The maximum absolute atomic E-state index is 11.2. The monoisotopic (exact) mass is 440 g/mol. The lowest BCUT2D eigenvalue weighted by molar-refractivity contribution is -0.122. The maximum Gasteiger partial charge on any atom is 0.257 e. The van der Waals surface area contributed by atoms with Crippen LogP contribution in [0.15, 0.2) is 48.5 Å². The van der Waals surface area contributed by atoms with Crippen LogP contribution in [0, 0.1) is 0 Å². The van der Waals surface area contributed by atoms with Gasteiger partial charge < -0.3 is 20.1 Å². The fraction of sp³-hybridized carbons (Fsp3) is 0.409. The molecule has 0 aromatic heterocycles. The van der Waals surface area contributed by atoms with Gasteiger partial charge in [-0.1, -0.05) is 35.9 Å². The molecule has 0 saturated heterocycles. The first kappa shape index (κ1) is 25.2. The summed E-state index contributed by atoms with van der Waals surface area (Å²) in [5, 5.41) is 6.78. The van der Waals surface area contributed by atoms with Gasteiger partial charge in [0.15, 0.2) is 6.61 Å². The molecule has 0 spiro atoms. The summed E-state index contributed by atoms with van der Waals surface area (Å²) in [5.41, 5.74) is 2.31. The van der Waals surface area contributed by atoms with Gasteiger partial charge in [-0.05, 0) is 55.2 Å². The van der Waals surface area contributed by atoms with Gasteiger partial charge in [0.05, 0.1) is 6.10 Å². The molecule has 0 aliphatic rings. The molecule has 0 aliphatic carbocycles. The minimum absolute atomic E-state index is 0. The first-order valence-electron chi connectivity index (χ1n) is 9.45. The van der Waals surface area contributed by atoms with Gasteiger partial charge in [0.25, 0.3) is 5.91 Å². The number of methoxy groups -OCH3 is 1. The van der Waals surface area contributed by atoms with Crippen molar-refractivity contribution in [1.82, 2.24) is 10.6 Å². The van der Waals surface area contributed by atoms with Crippen molar-refractivity contribution in [2.75, 3.05) is 27.3 Å². The van der Waals surface area contributed by atoms with Crippen LogP contribution in [0.1, 0.15) is 30.6 Å². The van der Waals surface area contributed by atoms with Crippen molar-refractivity contribution in [3.63, 3.8) is 0 Å². The third-order valence-corrected chi connectivity index (χ3v) is 4.83. The van der Waals surface area contributed by atoms with Crippen molar-refractivity contribution in [3.8, 4) is 5.75 Å². The molecule has 0 fully saturated rings. The fourth-order valence-electron chi connectivity index (χ4n) is 2.81. The first-order chi connectivity index (χ1) is 13.5. The number of aryl methyl sites for hydroxylation is 1. The zero-order valence-corrected chi connectivity index (χ0v) is 18.7. The number of amides is 1. The summed E-state index contributed by atoms with van der Waals surface area (Å²) >= 11 is 6.08. The number of hydrogen-bond acceptors (Lipinski definition) is 4. The summed E-state index contributed by atoms with van der Waals surface area (Å²) in [5.74, 6) is 0.555. The number of nitrogens with one attached hydrogen (secondary N) is 2. The molecule has 5 nitrogen and oxygen atoms in total. The van der Waals surface area contributed by atoms with Crippen LogP contribution in [-0.2, 0) is 16.0 Å². The number of hydrogen-bond donors (Lipinski definition) is 2. The molecule has 1 amide bonds. The molecule has 7 heteroatoms. The Bertz CT molecular complexity index is 741. The van der Waals surface area contributed by atoms with Gasteiger partial charge in [0, 0.05) is 31.8 Å². The van der Waals surface area contributed by atoms with Crippen molar-refractivity contribution >= 4 is 29.9 Å². The van der Waals surface area contributed by atoms with Gasteiger partial charge in [-0.3, -0.25) is 4.79 Å². The molecule has 0 radical (unpaired) electrons. The van der Waals surface area contributed by atoms with E-state index in [1.165, 1.54) is 5.56 Å². The smallest absolute Gasteiger partial charge is 0.257 e. The van der Waals surface area contributed by atoms with Crippen LogP contribution in [0.3, 0.4) is 0 Å². The molecule has 29 heavy (non-hydrogen) atoms. The molecule has 2 aromatic rings. The van der Waals surface area contributed by atoms with Crippen molar-refractivity contribution in [2.45, 2.75) is 31.9 Å². The standard InChI is InChI=1S/C22H29ClN2O3.ClH/c1-16(25-14-21(27-3)18-5-4-6-19(23)13-18)7-8-17-9-11-20(12-10-17)28-15-22(26)24-2;/h4-6,9-13,16,21,25H,7-8,14-15H2,1-3H3,(H,24,26);1H. The molecule has 2 aromatic carbocycles. The Hall–Kier alpha value is -1.79. The predicted octanol–water partition coefficient (Wildman–Crippen LogP) is 4.19. The number of ether oxygens (including phenoxy) is 2. The zero-order chi connectivity index (χ0) is 20.4. The fourth-order valence-corrected chi connectivity index (χ4v) is 3.01. The molecule has 2 atom stereocenters. The molecule has 2 unspecified atom stereocenters. The normalized spacial score (nSPS) is 12.6. The van der Waals surface area contributed by atoms with Gasteiger partial charge in [0.1, 0.15) is 5.75 Å². The Morgan fingerprint density at radius 3 is 2.52 bits per heavy atom. The van der Waals surface area contributed by atoms with E-state index < -0.39 is 0 Å². The lowest BCUT2D eigenvalue weighted by Gasteiger charge is -2.20. The van der Waals surface area contributed by atoms with E-state index in [1.807, 2.05) is 48.5 Å². The van der Waals surface area contributed by atoms with E-state index in [-0.39, 0.29) is 31.0 Å². The summed E-state index contributed by atoms with van der Waals surface area (Å²) in [6, 6.07) is 16.0. The Labute approximate surface area is 184 Å². The van der Waals surface area contributed by atoms with Crippen LogP contribution in [-0.4, -0.2) is 39.3 Å². The van der Waals surface area contributed by atoms with Crippen LogP contribution >= 0.6 is 24.0 Å². The summed E-state index contributed by atoms with van der Waals surface area (Å²) in [4.78, 5) is 11.2. The lowest BCUT2D eigenvalue weighted by Crippen LogP contribution is -2.31. The Balaban J connectivity index is 0.00000420. The van der Waals surface area contributed by atoms with Crippen LogP contribution in [0.4, 0.5) is 0 Å². The summed E-state index contributed by atoms with van der Waals surface area (Å²) in [6.07, 6.45) is 1.93. The summed E-state index contributed by atoms with van der Waals surface area (Å²) in [6.45, 7) is 2.93. The van der Waals surface area contributed by atoms with Gasteiger partial charge in [-0.25, -0.2) is 0 Å². The minimum Gasteiger partial charge on any atom is -0.484 e. The van der Waals surface area contributed by atoms with Crippen LogP contribution < -0.4 is 15.4 Å². The average molecular weight is 441 g/mol. The van der Waals surface area contributed by atoms with Crippen molar-refractivity contribution < 1.29 is 14.3 Å². The van der Waals surface area contributed by atoms with Crippen LogP contribution in [0.25, 0.3) is 0 Å². The highest BCUT2D eigenvalue weighted by Crippen LogP contribution is 2.20. The average Bonchev–Trinajstić information content (AvgIpc) is 2.71. The Morgan fingerprint density at radius 2 is 1.90 bits per heavy atom. The van der Waals surface area contributed by atoms with E-state index in [0.29, 0.717) is 11.8 Å². The second-order valence-electron chi connectivity index (χ2n) is 6.73. The van der Waals surface area contributed by atoms with E-state index in [0.717, 1.165) is 30.0 Å². The summed E-state index contributed by atoms with van der Waals surface area (Å²) in [7, 11) is 3.31. The second-order valence-corrected chi connectivity index (χ2v) is 7.17. The quantitative estimate of drug-likeness (QED) is 0.549. The largest absolute Gasteiger partial charge is 0.484 e. The highest BCUT2D eigenvalue weighted by Gasteiger charge is 2.12. The van der Waals surface area contributed by atoms with Crippen molar-refractivity contribution in [3.05, 3.63) is 64.7 Å². The number of carbonyl (C=O) groups is 1. The van der Waals surface area contributed by atoms with E-state index in [9.17, 15) is 4.79 Å². The maximum atomic E-state index is 11.2. The third kappa shape index (κ3) is 9.05. The number of rotatable bonds is 11. The molecule has 2 rings (SSSR count). The molecule has 0 heterocycles. The molecule has 0 aliphatic heterocycles. The van der Waals surface area contributed by atoms with Gasteiger partial charge >= 0.3 is 0 Å². The number of halogens is 2. The third-order valence-electron chi connectivity index (χ3n) is 4.59. The van der Waals surface area contributed by atoms with E-state index in [2.05, 4.69) is 17.6 Å². The summed E-state index contributed by atoms with van der Waals surface area (Å²) < 4.78 is 11.0. The zero-order valence-electron chi connectivity index (χ0n) is 17.1. The Morgan fingerprint density at radius 1 is 1.17 bits per heavy atom. The topological polar surface area (TPSA) is 59.6 Å². The molecule has 0 saturated carbocycles. The molecular weight excluding hydrogens is 411 g/mol. The van der Waals surface area contributed by atoms with E-state index in [1.54, 1.807) is 14.2 Å². The van der Waals surface area contributed by atoms with Gasteiger partial charge in [-0.2, -0.15) is 0 Å².